The highest BCUT2D eigenvalue weighted by Crippen LogP contribution is 2.30. The molecule has 0 aromatic heterocycles. The van der Waals surface area contributed by atoms with Gasteiger partial charge in [-0.25, -0.2) is 0 Å². The zero-order valence-corrected chi connectivity index (χ0v) is 11.4. The fourth-order valence-corrected chi connectivity index (χ4v) is 2.36. The van der Waals surface area contributed by atoms with E-state index in [2.05, 4.69) is 31.0 Å². The molecule has 1 aliphatic heterocycles. The maximum Gasteiger partial charge on any atom is 0.121 e. The summed E-state index contributed by atoms with van der Waals surface area (Å²) < 4.78 is 10.6. The molecular weight excluding hydrogens is 228 g/mol. The van der Waals surface area contributed by atoms with Crippen LogP contribution in [0, 0.1) is 12.3 Å². The van der Waals surface area contributed by atoms with Crippen molar-refractivity contribution >= 4 is 5.69 Å². The maximum atomic E-state index is 5.84. The van der Waals surface area contributed by atoms with Gasteiger partial charge in [-0.2, -0.15) is 0 Å². The number of hydrogen-bond donors (Lipinski definition) is 1. The lowest BCUT2D eigenvalue weighted by atomic mass is 9.85. The standard InChI is InChI=1S/C14H22N2O2/c1-11-6-12(4-5-13(11)17-3)16(2)8-14(7-15)9-18-10-14/h4-6H,7-10,15H2,1-3H3. The van der Waals surface area contributed by atoms with Gasteiger partial charge in [0.05, 0.1) is 20.3 Å². The highest BCUT2D eigenvalue weighted by Gasteiger charge is 2.38. The van der Waals surface area contributed by atoms with Crippen molar-refractivity contribution in [2.75, 3.05) is 45.4 Å². The van der Waals surface area contributed by atoms with Gasteiger partial charge in [0.15, 0.2) is 0 Å². The lowest BCUT2D eigenvalue weighted by Gasteiger charge is -2.43. The number of benzene rings is 1. The van der Waals surface area contributed by atoms with E-state index in [1.54, 1.807) is 7.11 Å². The maximum absolute atomic E-state index is 5.84. The summed E-state index contributed by atoms with van der Waals surface area (Å²) in [6.45, 7) is 5.19. The Bertz CT molecular complexity index is 411. The first-order valence-corrected chi connectivity index (χ1v) is 6.24. The summed E-state index contributed by atoms with van der Waals surface area (Å²) in [5.41, 5.74) is 8.31. The quantitative estimate of drug-likeness (QED) is 0.858. The van der Waals surface area contributed by atoms with Crippen LogP contribution in [-0.4, -0.2) is 40.5 Å². The number of hydrogen-bond acceptors (Lipinski definition) is 4. The van der Waals surface area contributed by atoms with E-state index >= 15 is 0 Å². The third kappa shape index (κ3) is 2.44. The summed E-state index contributed by atoms with van der Waals surface area (Å²) in [6, 6.07) is 6.23. The summed E-state index contributed by atoms with van der Waals surface area (Å²) in [5.74, 6) is 0.924. The number of anilines is 1. The minimum absolute atomic E-state index is 0.128. The Morgan fingerprint density at radius 2 is 2.17 bits per heavy atom. The molecule has 0 spiro atoms. The van der Waals surface area contributed by atoms with E-state index in [9.17, 15) is 0 Å². The molecule has 2 rings (SSSR count). The van der Waals surface area contributed by atoms with E-state index in [0.717, 1.165) is 31.1 Å². The summed E-state index contributed by atoms with van der Waals surface area (Å²) in [5, 5.41) is 0. The lowest BCUT2D eigenvalue weighted by molar-refractivity contribution is -0.101. The van der Waals surface area contributed by atoms with Crippen LogP contribution in [0.3, 0.4) is 0 Å². The Morgan fingerprint density at radius 3 is 2.61 bits per heavy atom. The zero-order chi connectivity index (χ0) is 13.2. The molecule has 1 fully saturated rings. The molecule has 0 aliphatic carbocycles. The van der Waals surface area contributed by atoms with E-state index in [1.807, 2.05) is 6.07 Å². The lowest BCUT2D eigenvalue weighted by Crippen LogP contribution is -2.54. The molecule has 4 heteroatoms. The van der Waals surface area contributed by atoms with E-state index in [4.69, 9.17) is 15.2 Å². The highest BCUT2D eigenvalue weighted by molar-refractivity contribution is 5.52. The van der Waals surface area contributed by atoms with Crippen molar-refractivity contribution in [1.29, 1.82) is 0 Å². The van der Waals surface area contributed by atoms with Gasteiger partial charge < -0.3 is 20.1 Å². The van der Waals surface area contributed by atoms with Crippen molar-refractivity contribution in [1.82, 2.24) is 0 Å². The second kappa shape index (κ2) is 5.16. The predicted molar refractivity (Wildman–Crippen MR) is 73.3 cm³/mol. The van der Waals surface area contributed by atoms with Crippen LogP contribution in [0.4, 0.5) is 5.69 Å². The number of nitrogens with zero attached hydrogens (tertiary/aromatic N) is 1. The normalized spacial score (nSPS) is 17.1. The minimum atomic E-state index is 0.128. The number of ether oxygens (including phenoxy) is 2. The number of methoxy groups -OCH3 is 1. The van der Waals surface area contributed by atoms with Crippen LogP contribution in [0.15, 0.2) is 18.2 Å². The molecule has 0 atom stereocenters. The van der Waals surface area contributed by atoms with Crippen LogP contribution in [0.1, 0.15) is 5.56 Å². The third-order valence-electron chi connectivity index (χ3n) is 3.64. The third-order valence-corrected chi connectivity index (χ3v) is 3.64. The fraction of sp³-hybridized carbons (Fsp3) is 0.571. The van der Waals surface area contributed by atoms with Crippen molar-refractivity contribution in [2.24, 2.45) is 11.1 Å². The van der Waals surface area contributed by atoms with Gasteiger partial charge in [-0.1, -0.05) is 0 Å². The smallest absolute Gasteiger partial charge is 0.121 e. The molecule has 1 aliphatic rings. The van der Waals surface area contributed by atoms with Crippen LogP contribution in [-0.2, 0) is 4.74 Å². The zero-order valence-electron chi connectivity index (χ0n) is 11.4. The molecule has 0 bridgehead atoms. The van der Waals surface area contributed by atoms with Crippen molar-refractivity contribution in [3.63, 3.8) is 0 Å². The average Bonchev–Trinajstić information content (AvgIpc) is 2.33. The van der Waals surface area contributed by atoms with Crippen molar-refractivity contribution in [2.45, 2.75) is 6.92 Å². The minimum Gasteiger partial charge on any atom is -0.496 e. The van der Waals surface area contributed by atoms with Crippen LogP contribution in [0.5, 0.6) is 5.75 Å². The highest BCUT2D eigenvalue weighted by atomic mass is 16.5. The first kappa shape index (κ1) is 13.2. The molecule has 2 N–H and O–H groups in total. The molecule has 0 radical (unpaired) electrons. The van der Waals surface area contributed by atoms with Crippen molar-refractivity contribution in [3.8, 4) is 5.75 Å². The topological polar surface area (TPSA) is 47.7 Å². The molecule has 1 aromatic rings. The predicted octanol–water partition coefficient (Wildman–Crippen LogP) is 1.42. The monoisotopic (exact) mass is 250 g/mol. The largest absolute Gasteiger partial charge is 0.496 e. The van der Waals surface area contributed by atoms with Crippen molar-refractivity contribution in [3.05, 3.63) is 23.8 Å². The number of rotatable bonds is 5. The van der Waals surface area contributed by atoms with E-state index < -0.39 is 0 Å². The van der Waals surface area contributed by atoms with Gasteiger partial charge in [0.1, 0.15) is 5.75 Å². The first-order valence-electron chi connectivity index (χ1n) is 6.24. The van der Waals surface area contributed by atoms with Gasteiger partial charge in [-0.05, 0) is 30.7 Å². The van der Waals surface area contributed by atoms with Gasteiger partial charge in [-0.15, -0.1) is 0 Å². The van der Waals surface area contributed by atoms with Crippen LogP contribution in [0.2, 0.25) is 0 Å². The van der Waals surface area contributed by atoms with Gasteiger partial charge in [0.25, 0.3) is 0 Å². The Labute approximate surface area is 109 Å². The van der Waals surface area contributed by atoms with Crippen LogP contribution >= 0.6 is 0 Å². The molecule has 0 saturated carbocycles. The summed E-state index contributed by atoms with van der Waals surface area (Å²) >= 11 is 0. The molecule has 18 heavy (non-hydrogen) atoms. The van der Waals surface area contributed by atoms with Gasteiger partial charge in [0.2, 0.25) is 0 Å². The molecule has 1 heterocycles. The van der Waals surface area contributed by atoms with Crippen LogP contribution < -0.4 is 15.4 Å². The Balaban J connectivity index is 2.09. The van der Waals surface area contributed by atoms with Gasteiger partial charge in [0, 0.05) is 31.2 Å². The van der Waals surface area contributed by atoms with Gasteiger partial charge in [-0.3, -0.25) is 0 Å². The Hall–Kier alpha value is -1.26. The Morgan fingerprint density at radius 1 is 1.44 bits per heavy atom. The second-order valence-corrected chi connectivity index (χ2v) is 5.21. The molecule has 4 nitrogen and oxygen atoms in total. The van der Waals surface area contributed by atoms with E-state index in [0.29, 0.717) is 6.54 Å². The number of nitrogens with two attached hydrogens (primary N) is 1. The van der Waals surface area contributed by atoms with E-state index in [-0.39, 0.29) is 5.41 Å². The number of aryl methyl sites for hydroxylation is 1. The van der Waals surface area contributed by atoms with Gasteiger partial charge >= 0.3 is 0 Å². The van der Waals surface area contributed by atoms with Crippen molar-refractivity contribution < 1.29 is 9.47 Å². The Kier molecular flexibility index (Phi) is 3.78. The summed E-state index contributed by atoms with van der Waals surface area (Å²) in [6.07, 6.45) is 0. The molecule has 0 unspecified atom stereocenters. The molecule has 1 aromatic carbocycles. The second-order valence-electron chi connectivity index (χ2n) is 5.21. The molecule has 100 valence electrons. The molecule has 0 amide bonds. The SMILES string of the molecule is COc1ccc(N(C)CC2(CN)COC2)cc1C. The summed E-state index contributed by atoms with van der Waals surface area (Å²) in [4.78, 5) is 2.24. The fourth-order valence-electron chi connectivity index (χ4n) is 2.36. The summed E-state index contributed by atoms with van der Waals surface area (Å²) in [7, 11) is 3.79. The first-order chi connectivity index (χ1) is 8.60. The van der Waals surface area contributed by atoms with Crippen LogP contribution in [0.25, 0.3) is 0 Å². The molecule has 1 saturated heterocycles. The average molecular weight is 250 g/mol. The van der Waals surface area contributed by atoms with E-state index in [1.165, 1.54) is 5.69 Å². The molecular formula is C14H22N2O2.